The first-order valence-corrected chi connectivity index (χ1v) is 15.6. The minimum atomic E-state index is -1.80. The molecular weight excluding hydrogens is 596 g/mol. The molecular formula is C31H31F2N3O7S. The van der Waals surface area contributed by atoms with Crippen molar-refractivity contribution in [3.8, 4) is 5.75 Å². The number of thioether (sulfide) groups is 1. The van der Waals surface area contributed by atoms with Crippen LogP contribution in [0.3, 0.4) is 0 Å². The normalized spacial score (nSPS) is 22.4. The van der Waals surface area contributed by atoms with Gasteiger partial charge in [0.15, 0.2) is 17.3 Å². The largest absolute Gasteiger partial charge is 0.435 e. The summed E-state index contributed by atoms with van der Waals surface area (Å²) in [5, 5.41) is 12.5. The lowest BCUT2D eigenvalue weighted by atomic mass is 9.93. The fraction of sp³-hybridized carbons (Fsp3) is 0.419. The highest BCUT2D eigenvalue weighted by atomic mass is 32.2. The lowest BCUT2D eigenvalue weighted by Crippen LogP contribution is -2.66. The number of carbonyl (C=O) groups excluding carboxylic acids is 1. The molecule has 0 saturated carbocycles. The second kappa shape index (κ2) is 12.1. The Morgan fingerprint density at radius 3 is 2.68 bits per heavy atom. The standard InChI is InChI=1S/C31H31F2N3O7S/c32-22-6-5-19-21(26(22)33)17-44-24-4-2-1-3-20(24)27(19)36-25-16-41-14-11-34(25)30(38)28-29(23(37)7-10-35(28)36)43-31(39)42-15-18-8-12-40-13-9-18/h1-7,10,18,25,27,31,39H,8-9,11-17H2/t25-,27+,31?/m1/s1. The predicted molar refractivity (Wildman–Crippen MR) is 155 cm³/mol. The van der Waals surface area contributed by atoms with Gasteiger partial charge < -0.3 is 29.0 Å². The van der Waals surface area contributed by atoms with Crippen LogP contribution >= 0.6 is 11.8 Å². The van der Waals surface area contributed by atoms with Crippen LogP contribution in [0.5, 0.6) is 5.75 Å². The second-order valence-corrected chi connectivity index (χ2v) is 12.1. The number of hydrogen-bond donors (Lipinski definition) is 1. The predicted octanol–water partition coefficient (Wildman–Crippen LogP) is 3.37. The number of amides is 1. The van der Waals surface area contributed by atoms with Crippen LogP contribution < -0.4 is 15.2 Å². The number of morpholine rings is 1. The van der Waals surface area contributed by atoms with E-state index in [1.807, 2.05) is 29.3 Å². The summed E-state index contributed by atoms with van der Waals surface area (Å²) < 4.78 is 53.8. The molecule has 1 unspecified atom stereocenters. The third kappa shape index (κ3) is 5.16. The summed E-state index contributed by atoms with van der Waals surface area (Å²) in [6, 6.07) is 10.8. The molecule has 7 rings (SSSR count). The number of fused-ring (bicyclic) bond motifs is 4. The average molecular weight is 628 g/mol. The number of halogens is 2. The van der Waals surface area contributed by atoms with E-state index in [-0.39, 0.29) is 55.0 Å². The molecule has 2 saturated heterocycles. The van der Waals surface area contributed by atoms with E-state index in [0.29, 0.717) is 18.8 Å². The lowest BCUT2D eigenvalue weighted by Gasteiger charge is -2.51. The number of nitrogens with zero attached hydrogens (tertiary/aromatic N) is 3. The minimum Gasteiger partial charge on any atom is -0.435 e. The van der Waals surface area contributed by atoms with Gasteiger partial charge in [0.05, 0.1) is 25.9 Å². The number of pyridine rings is 1. The van der Waals surface area contributed by atoms with Crippen LogP contribution in [0.2, 0.25) is 0 Å². The third-order valence-corrected chi connectivity index (χ3v) is 9.68. The highest BCUT2D eigenvalue weighted by Crippen LogP contribution is 2.45. The summed E-state index contributed by atoms with van der Waals surface area (Å²) in [7, 11) is 0. The summed E-state index contributed by atoms with van der Waals surface area (Å²) in [5.41, 5.74) is 0.827. The Labute approximate surface area is 256 Å². The van der Waals surface area contributed by atoms with Gasteiger partial charge in [0, 0.05) is 48.2 Å². The molecule has 1 aromatic heterocycles. The van der Waals surface area contributed by atoms with E-state index in [1.54, 1.807) is 11.0 Å². The number of aliphatic hydroxyl groups excluding tert-OH is 1. The Balaban J connectivity index is 1.35. The number of hydrogen-bond acceptors (Lipinski definition) is 9. The fourth-order valence-electron chi connectivity index (χ4n) is 6.35. The van der Waals surface area contributed by atoms with Crippen molar-refractivity contribution in [1.82, 2.24) is 9.58 Å². The first kappa shape index (κ1) is 29.2. The van der Waals surface area contributed by atoms with Crippen LogP contribution in [0.15, 0.2) is 58.4 Å². The topological polar surface area (TPSA) is 103 Å². The van der Waals surface area contributed by atoms with Crippen molar-refractivity contribution in [3.63, 3.8) is 0 Å². The van der Waals surface area contributed by atoms with E-state index in [1.165, 1.54) is 28.7 Å². The smallest absolute Gasteiger partial charge is 0.313 e. The molecule has 1 N–H and O–H groups in total. The number of benzene rings is 2. The molecule has 5 heterocycles. The third-order valence-electron chi connectivity index (χ3n) is 8.57. The van der Waals surface area contributed by atoms with Crippen molar-refractivity contribution in [1.29, 1.82) is 0 Å². The molecule has 3 aromatic rings. The Hall–Kier alpha value is -3.49. The van der Waals surface area contributed by atoms with Gasteiger partial charge in [0.2, 0.25) is 11.2 Å². The maximum atomic E-state index is 15.4. The Kier molecular flexibility index (Phi) is 8.06. The molecule has 232 valence electrons. The molecule has 4 aliphatic heterocycles. The van der Waals surface area contributed by atoms with Crippen LogP contribution in [-0.4, -0.2) is 72.8 Å². The zero-order valence-electron chi connectivity index (χ0n) is 23.7. The van der Waals surface area contributed by atoms with Gasteiger partial charge in [-0.2, -0.15) is 0 Å². The van der Waals surface area contributed by atoms with Gasteiger partial charge in [-0.15, -0.1) is 11.8 Å². The SMILES string of the molecule is O=C1c2c(OC(O)OCC3CCOCC3)c(=O)ccn2N([C@@H]2c3ccccc3SCc3c2ccc(F)c3F)[C@@H]2COCCN12. The number of aliphatic hydroxyl groups is 1. The molecule has 13 heteroatoms. The summed E-state index contributed by atoms with van der Waals surface area (Å²) >= 11 is 1.40. The zero-order chi connectivity index (χ0) is 30.4. The zero-order valence-corrected chi connectivity index (χ0v) is 24.5. The van der Waals surface area contributed by atoms with Crippen molar-refractivity contribution >= 4 is 17.7 Å². The molecule has 0 spiro atoms. The number of carbonyl (C=O) groups is 1. The van der Waals surface area contributed by atoms with E-state index in [2.05, 4.69) is 0 Å². The number of aromatic nitrogens is 1. The molecule has 2 fully saturated rings. The number of rotatable bonds is 6. The Bertz CT molecular complexity index is 1630. The van der Waals surface area contributed by atoms with Gasteiger partial charge in [-0.1, -0.05) is 24.3 Å². The van der Waals surface area contributed by atoms with Gasteiger partial charge in [-0.25, -0.2) is 8.78 Å². The van der Waals surface area contributed by atoms with Gasteiger partial charge >= 0.3 is 6.48 Å². The fourth-order valence-corrected chi connectivity index (χ4v) is 7.46. The van der Waals surface area contributed by atoms with Crippen molar-refractivity contribution < 1.29 is 37.6 Å². The van der Waals surface area contributed by atoms with Gasteiger partial charge in [0.1, 0.15) is 6.17 Å². The molecule has 3 atom stereocenters. The van der Waals surface area contributed by atoms with Crippen molar-refractivity contribution in [2.24, 2.45) is 5.92 Å². The molecule has 0 aliphatic carbocycles. The summed E-state index contributed by atoms with van der Waals surface area (Å²) in [6.07, 6.45) is 2.35. The summed E-state index contributed by atoms with van der Waals surface area (Å²) in [6.45, 7) is 0.233. The molecule has 44 heavy (non-hydrogen) atoms. The first-order chi connectivity index (χ1) is 21.4. The molecule has 4 aliphatic rings. The van der Waals surface area contributed by atoms with E-state index in [4.69, 9.17) is 18.9 Å². The maximum absolute atomic E-state index is 15.4. The average Bonchev–Trinajstić information content (AvgIpc) is 3.21. The van der Waals surface area contributed by atoms with Crippen LogP contribution in [-0.2, 0) is 20.0 Å². The second-order valence-electron chi connectivity index (χ2n) is 11.1. The molecule has 1 amide bonds. The summed E-state index contributed by atoms with van der Waals surface area (Å²) in [5.74, 6) is -2.36. The van der Waals surface area contributed by atoms with Crippen molar-refractivity contribution in [3.05, 3.63) is 92.9 Å². The number of ether oxygens (including phenoxy) is 4. The van der Waals surface area contributed by atoms with E-state index in [9.17, 15) is 19.1 Å². The maximum Gasteiger partial charge on any atom is 0.313 e. The van der Waals surface area contributed by atoms with Gasteiger partial charge in [0.25, 0.3) is 5.91 Å². The molecule has 10 nitrogen and oxygen atoms in total. The highest BCUT2D eigenvalue weighted by molar-refractivity contribution is 7.98. The van der Waals surface area contributed by atoms with E-state index >= 15 is 4.39 Å². The lowest BCUT2D eigenvalue weighted by molar-refractivity contribution is -0.225. The van der Waals surface area contributed by atoms with Crippen LogP contribution in [0, 0.1) is 17.6 Å². The quantitative estimate of drug-likeness (QED) is 0.413. The van der Waals surface area contributed by atoms with E-state index in [0.717, 1.165) is 29.4 Å². The molecule has 0 bridgehead atoms. The molecule has 2 aromatic carbocycles. The van der Waals surface area contributed by atoms with Gasteiger partial charge in [-0.3, -0.25) is 19.3 Å². The minimum absolute atomic E-state index is 0.108. The van der Waals surface area contributed by atoms with E-state index < -0.39 is 41.7 Å². The Morgan fingerprint density at radius 2 is 1.84 bits per heavy atom. The highest BCUT2D eigenvalue weighted by Gasteiger charge is 2.46. The first-order valence-electron chi connectivity index (χ1n) is 14.6. The van der Waals surface area contributed by atoms with Crippen LogP contribution in [0.25, 0.3) is 0 Å². The van der Waals surface area contributed by atoms with Crippen molar-refractivity contribution in [2.45, 2.75) is 42.2 Å². The Morgan fingerprint density at radius 1 is 1.02 bits per heavy atom. The van der Waals surface area contributed by atoms with Crippen LogP contribution in [0.1, 0.15) is 46.1 Å². The monoisotopic (exact) mass is 627 g/mol. The van der Waals surface area contributed by atoms with Crippen LogP contribution in [0.4, 0.5) is 8.78 Å². The van der Waals surface area contributed by atoms with Crippen molar-refractivity contribution in [2.75, 3.05) is 44.6 Å². The molecule has 0 radical (unpaired) electrons. The summed E-state index contributed by atoms with van der Waals surface area (Å²) in [4.78, 5) is 29.7. The van der Waals surface area contributed by atoms with Gasteiger partial charge in [-0.05, 0) is 42.0 Å².